The van der Waals surface area contributed by atoms with Crippen LogP contribution in [0.4, 0.5) is 5.82 Å². The second-order valence-corrected chi connectivity index (χ2v) is 5.92. The fraction of sp³-hybridized carbons (Fsp3) is 0.529. The quantitative estimate of drug-likeness (QED) is 0.845. The van der Waals surface area contributed by atoms with E-state index in [9.17, 15) is 5.26 Å². The van der Waals surface area contributed by atoms with Crippen LogP contribution in [0, 0.1) is 17.2 Å². The van der Waals surface area contributed by atoms with Crippen LogP contribution < -0.4 is 5.32 Å². The summed E-state index contributed by atoms with van der Waals surface area (Å²) in [5.41, 5.74) is 3.57. The van der Waals surface area contributed by atoms with Crippen molar-refractivity contribution in [3.05, 3.63) is 34.8 Å². The molecular weight excluding hydrogens is 304 g/mol. The Labute approximate surface area is 141 Å². The zero-order valence-electron chi connectivity index (χ0n) is 14.0. The fourth-order valence-corrected chi connectivity index (χ4v) is 3.27. The molecule has 1 saturated heterocycles. The zero-order chi connectivity index (χ0) is 16.9. The number of hydrogen-bond donors (Lipinski definition) is 2. The molecule has 2 aromatic rings. The average molecular weight is 326 g/mol. The van der Waals surface area contributed by atoms with E-state index in [4.69, 9.17) is 4.74 Å². The third kappa shape index (κ3) is 3.10. The number of nitrogens with one attached hydrogen (secondary N) is 2. The highest BCUT2D eigenvalue weighted by Gasteiger charge is 2.30. The van der Waals surface area contributed by atoms with Crippen LogP contribution in [0.15, 0.2) is 12.4 Å². The minimum Gasteiger partial charge on any atom is -0.373 e. The fourth-order valence-electron chi connectivity index (χ4n) is 3.27. The molecule has 2 N–H and O–H groups in total. The number of aromatic nitrogens is 4. The molecular formula is C17H22N6O. The van der Waals surface area contributed by atoms with Crippen LogP contribution >= 0.6 is 0 Å². The second-order valence-electron chi connectivity index (χ2n) is 5.92. The molecule has 0 saturated carbocycles. The van der Waals surface area contributed by atoms with Crippen LogP contribution in [0.5, 0.6) is 0 Å². The van der Waals surface area contributed by atoms with E-state index in [1.807, 2.05) is 20.0 Å². The van der Waals surface area contributed by atoms with Gasteiger partial charge >= 0.3 is 0 Å². The van der Waals surface area contributed by atoms with E-state index in [0.717, 1.165) is 42.7 Å². The molecule has 0 amide bonds. The number of hydrogen-bond acceptors (Lipinski definition) is 6. The third-order valence-electron chi connectivity index (χ3n) is 4.55. The average Bonchev–Trinajstić information content (AvgIpc) is 3.29. The lowest BCUT2D eigenvalue weighted by Crippen LogP contribution is -2.20. The van der Waals surface area contributed by atoms with Gasteiger partial charge in [-0.1, -0.05) is 13.8 Å². The number of anilines is 1. The lowest BCUT2D eigenvalue weighted by molar-refractivity contribution is 0.0933. The Morgan fingerprint density at radius 2 is 2.25 bits per heavy atom. The maximum Gasteiger partial charge on any atom is 0.166 e. The lowest BCUT2D eigenvalue weighted by atomic mass is 9.97. The molecule has 0 unspecified atom stereocenters. The predicted octanol–water partition coefficient (Wildman–Crippen LogP) is 2.39. The van der Waals surface area contributed by atoms with E-state index < -0.39 is 0 Å². The molecule has 3 rings (SSSR count). The number of rotatable bonds is 6. The van der Waals surface area contributed by atoms with Gasteiger partial charge in [0.05, 0.1) is 18.0 Å². The summed E-state index contributed by atoms with van der Waals surface area (Å²) in [7, 11) is 0. The van der Waals surface area contributed by atoms with Gasteiger partial charge in [-0.2, -0.15) is 15.5 Å². The highest BCUT2D eigenvalue weighted by molar-refractivity contribution is 5.56. The molecule has 2 aromatic heterocycles. The van der Waals surface area contributed by atoms with Crippen molar-refractivity contribution in [3.8, 4) is 6.07 Å². The van der Waals surface area contributed by atoms with Gasteiger partial charge in [-0.15, -0.1) is 5.10 Å². The Morgan fingerprint density at radius 1 is 1.38 bits per heavy atom. The molecule has 0 aliphatic carbocycles. The van der Waals surface area contributed by atoms with Crippen molar-refractivity contribution in [2.45, 2.75) is 39.2 Å². The van der Waals surface area contributed by atoms with Crippen LogP contribution in [-0.2, 0) is 17.6 Å². The molecule has 7 heteroatoms. The molecule has 0 aromatic carbocycles. The van der Waals surface area contributed by atoms with Gasteiger partial charge in [0.2, 0.25) is 0 Å². The summed E-state index contributed by atoms with van der Waals surface area (Å²) in [6.07, 6.45) is 6.22. The molecule has 1 aliphatic rings. The Kier molecular flexibility index (Phi) is 5.06. The smallest absolute Gasteiger partial charge is 0.166 e. The van der Waals surface area contributed by atoms with E-state index in [1.54, 1.807) is 6.20 Å². The van der Waals surface area contributed by atoms with Crippen LogP contribution in [0.2, 0.25) is 0 Å². The highest BCUT2D eigenvalue weighted by atomic mass is 16.5. The zero-order valence-corrected chi connectivity index (χ0v) is 14.0. The summed E-state index contributed by atoms with van der Waals surface area (Å²) in [6, 6.07) is 2.29. The van der Waals surface area contributed by atoms with Gasteiger partial charge in [0, 0.05) is 30.8 Å². The monoisotopic (exact) mass is 326 g/mol. The van der Waals surface area contributed by atoms with E-state index in [2.05, 4.69) is 31.8 Å². The number of aryl methyl sites for hydroxylation is 1. The van der Waals surface area contributed by atoms with E-state index in [1.165, 1.54) is 0 Å². The summed E-state index contributed by atoms with van der Waals surface area (Å²) in [5, 5.41) is 28.2. The predicted molar refractivity (Wildman–Crippen MR) is 89.4 cm³/mol. The Bertz CT molecular complexity index is 721. The van der Waals surface area contributed by atoms with E-state index in [-0.39, 0.29) is 6.10 Å². The maximum atomic E-state index is 9.55. The second kappa shape index (κ2) is 7.41. The summed E-state index contributed by atoms with van der Waals surface area (Å²) in [6.45, 7) is 5.49. The van der Waals surface area contributed by atoms with Crippen molar-refractivity contribution in [1.29, 1.82) is 5.26 Å². The number of ether oxygens (including phenoxy) is 1. The first kappa shape index (κ1) is 16.4. The normalized spacial score (nSPS) is 20.0. The van der Waals surface area contributed by atoms with Crippen LogP contribution in [-0.4, -0.2) is 33.5 Å². The Balaban J connectivity index is 1.76. The first-order chi connectivity index (χ1) is 11.8. The first-order valence-corrected chi connectivity index (χ1v) is 8.41. The molecule has 1 fully saturated rings. The Hall–Kier alpha value is -2.46. The van der Waals surface area contributed by atoms with Crippen LogP contribution in [0.25, 0.3) is 0 Å². The van der Waals surface area contributed by atoms with Crippen molar-refractivity contribution in [2.24, 2.45) is 5.92 Å². The van der Waals surface area contributed by atoms with Crippen LogP contribution in [0.3, 0.4) is 0 Å². The van der Waals surface area contributed by atoms with Gasteiger partial charge in [0.1, 0.15) is 11.6 Å². The Morgan fingerprint density at radius 3 is 2.92 bits per heavy atom. The largest absolute Gasteiger partial charge is 0.373 e. The molecule has 3 heterocycles. The van der Waals surface area contributed by atoms with Gasteiger partial charge in [0.15, 0.2) is 5.82 Å². The van der Waals surface area contributed by atoms with Gasteiger partial charge in [-0.05, 0) is 24.8 Å². The molecule has 0 spiro atoms. The molecule has 0 bridgehead atoms. The van der Waals surface area contributed by atoms with Crippen molar-refractivity contribution in [3.63, 3.8) is 0 Å². The number of nitrogens with zero attached hydrogens (tertiary/aromatic N) is 4. The number of nitriles is 1. The number of aromatic amines is 1. The molecule has 2 atom stereocenters. The van der Waals surface area contributed by atoms with Crippen molar-refractivity contribution in [1.82, 2.24) is 20.4 Å². The highest BCUT2D eigenvalue weighted by Crippen LogP contribution is 2.34. The molecule has 1 aliphatic heterocycles. The standard InChI is InChI=1S/C17H22N6O/c1-3-13-14(7-18)17(23-22-15(13)4-2)19-8-11-5-6-24-16(11)12-9-20-21-10-12/h9-11,16H,3-6,8H2,1-2H3,(H,19,23)(H,20,21)/t11-,16+/m1/s1. The molecule has 24 heavy (non-hydrogen) atoms. The molecule has 0 radical (unpaired) electrons. The van der Waals surface area contributed by atoms with Crippen molar-refractivity contribution in [2.75, 3.05) is 18.5 Å². The van der Waals surface area contributed by atoms with Gasteiger partial charge in [-0.25, -0.2) is 0 Å². The minimum absolute atomic E-state index is 0.0234. The molecule has 126 valence electrons. The summed E-state index contributed by atoms with van der Waals surface area (Å²) < 4.78 is 5.84. The summed E-state index contributed by atoms with van der Waals surface area (Å²) in [4.78, 5) is 0. The summed E-state index contributed by atoms with van der Waals surface area (Å²) >= 11 is 0. The van der Waals surface area contributed by atoms with Gasteiger partial charge in [0.25, 0.3) is 0 Å². The van der Waals surface area contributed by atoms with Crippen molar-refractivity contribution < 1.29 is 4.74 Å². The lowest BCUT2D eigenvalue weighted by Gasteiger charge is -2.19. The van der Waals surface area contributed by atoms with Gasteiger partial charge < -0.3 is 10.1 Å². The van der Waals surface area contributed by atoms with E-state index >= 15 is 0 Å². The minimum atomic E-state index is 0.0234. The van der Waals surface area contributed by atoms with Crippen molar-refractivity contribution >= 4 is 5.82 Å². The van der Waals surface area contributed by atoms with Crippen LogP contribution in [0.1, 0.15) is 48.8 Å². The van der Waals surface area contributed by atoms with Gasteiger partial charge in [-0.3, -0.25) is 5.10 Å². The van der Waals surface area contributed by atoms with E-state index in [0.29, 0.717) is 23.8 Å². The first-order valence-electron chi connectivity index (χ1n) is 8.41. The SMILES string of the molecule is CCc1nnc(NC[C@H]2CCO[C@@H]2c2cn[nH]c2)c(C#N)c1CC. The maximum absolute atomic E-state index is 9.55. The number of H-pyrrole nitrogens is 1. The summed E-state index contributed by atoms with van der Waals surface area (Å²) in [5.74, 6) is 0.885. The molecule has 7 nitrogen and oxygen atoms in total. The topological polar surface area (TPSA) is 99.5 Å². The third-order valence-corrected chi connectivity index (χ3v) is 4.55.